The van der Waals surface area contributed by atoms with E-state index in [1.165, 1.54) is 0 Å². The third-order valence-corrected chi connectivity index (χ3v) is 0.598. The van der Waals surface area contributed by atoms with Gasteiger partial charge in [0.25, 0.3) is 0 Å². The summed E-state index contributed by atoms with van der Waals surface area (Å²) in [6, 6.07) is 0. The molecule has 0 saturated heterocycles. The minimum absolute atomic E-state index is 0.0545. The first kappa shape index (κ1) is 1.04. The number of hydrogen-bond donors (Lipinski definition) is 0. The maximum Gasteiger partial charge on any atom is 0.104 e. The van der Waals surface area contributed by atoms with Gasteiger partial charge in [0.15, 0.2) is 0 Å². The summed E-state index contributed by atoms with van der Waals surface area (Å²) < 4.78 is 88.7. The van der Waals surface area contributed by atoms with Gasteiger partial charge < -0.3 is 4.57 Å². The van der Waals surface area contributed by atoms with E-state index in [-0.39, 0.29) is 4.57 Å². The fourth-order valence-corrected chi connectivity index (χ4v) is 0.312. The lowest BCUT2D eigenvalue weighted by Gasteiger charge is -1.96. The van der Waals surface area contributed by atoms with E-state index in [2.05, 4.69) is 4.98 Å². The summed E-state index contributed by atoms with van der Waals surface area (Å²) >= 11 is 0. The molecular formula is C7H12N2. The molecule has 2 heteroatoms. The maximum absolute atomic E-state index is 7.70. The van der Waals surface area contributed by atoms with Crippen LogP contribution in [-0.4, -0.2) is 9.55 Å². The first-order valence-electron chi connectivity index (χ1n) is 8.12. The van der Waals surface area contributed by atoms with Crippen molar-refractivity contribution in [3.63, 3.8) is 0 Å². The Bertz CT molecular complexity index is 541. The van der Waals surface area contributed by atoms with Crippen molar-refractivity contribution in [1.82, 2.24) is 9.55 Å². The molecule has 2 nitrogen and oxygen atoms in total. The second-order valence-electron chi connectivity index (χ2n) is 1.13. The third kappa shape index (κ3) is 1.88. The molecule has 0 N–H and O–H groups in total. The Morgan fingerprint density at radius 2 is 3.00 bits per heavy atom. The molecule has 50 valence electrons. The van der Waals surface area contributed by atoms with Gasteiger partial charge in [-0.1, -0.05) is 13.2 Å². The summed E-state index contributed by atoms with van der Waals surface area (Å²) in [5.41, 5.74) is 0. The van der Waals surface area contributed by atoms with Crippen LogP contribution in [0.4, 0.5) is 0 Å². The van der Waals surface area contributed by atoms with Crippen molar-refractivity contribution in [3.8, 4) is 0 Å². The van der Waals surface area contributed by atoms with E-state index in [0.717, 1.165) is 0 Å². The Hall–Kier alpha value is -0.790. The molecular weight excluding hydrogens is 112 g/mol. The molecule has 0 bridgehead atoms. The zero-order valence-electron chi connectivity index (χ0n) is 16.4. The van der Waals surface area contributed by atoms with Crippen molar-refractivity contribution in [1.29, 1.82) is 0 Å². The summed E-state index contributed by atoms with van der Waals surface area (Å²) in [5.74, 6) is 0. The molecule has 0 aliphatic heterocycles. The largest absolute Gasteiger partial charge is 0.337 e. The molecule has 1 rings (SSSR count). The number of imidazole rings is 1. The molecule has 0 amide bonds. The van der Waals surface area contributed by atoms with Crippen molar-refractivity contribution < 1.29 is 16.4 Å². The normalized spacial score (nSPS) is 35.6. The molecule has 1 aromatic heterocycles. The van der Waals surface area contributed by atoms with Crippen LogP contribution >= 0.6 is 0 Å². The summed E-state index contributed by atoms with van der Waals surface area (Å²) in [6.45, 7) is -6.88. The van der Waals surface area contributed by atoms with Gasteiger partial charge >= 0.3 is 0 Å². The third-order valence-electron chi connectivity index (χ3n) is 0.598. The lowest BCUT2D eigenvalue weighted by molar-refractivity contribution is 0.631. The topological polar surface area (TPSA) is 17.8 Å². The summed E-state index contributed by atoms with van der Waals surface area (Å²) in [7, 11) is 0. The highest BCUT2D eigenvalue weighted by Gasteiger charge is 1.85. The number of nitrogens with zero attached hydrogens (tertiary/aromatic N) is 2. The lowest BCUT2D eigenvalue weighted by atomic mass is 10.3. The van der Waals surface area contributed by atoms with Gasteiger partial charge in [0, 0.05) is 31.2 Å². The number of rotatable bonds is 3. The average molecular weight is 136 g/mol. The van der Waals surface area contributed by atoms with E-state index in [4.69, 9.17) is 16.4 Å². The SMILES string of the molecule is [2H]c1nc([2H])n(C([2H])([2H])C([2H])([2H])C([2H])([2H])C([2H])([2H])[2H])c1[2H]. The first-order valence-corrected chi connectivity index (χ1v) is 2.12. The number of aromatic nitrogens is 2. The van der Waals surface area contributed by atoms with Gasteiger partial charge in [0.2, 0.25) is 0 Å². The van der Waals surface area contributed by atoms with Gasteiger partial charge in [-0.3, -0.25) is 0 Å². The molecule has 0 saturated carbocycles. The first-order chi connectivity index (χ1) is 9.09. The maximum atomic E-state index is 7.70. The van der Waals surface area contributed by atoms with Crippen molar-refractivity contribution in [3.05, 3.63) is 18.6 Å². The molecule has 0 fully saturated rings. The second-order valence-corrected chi connectivity index (χ2v) is 1.13. The molecule has 0 atom stereocenters. The Morgan fingerprint density at radius 3 is 3.67 bits per heavy atom. The molecule has 9 heavy (non-hydrogen) atoms. The van der Waals surface area contributed by atoms with Crippen LogP contribution in [0.5, 0.6) is 0 Å². The van der Waals surface area contributed by atoms with E-state index < -0.39 is 44.7 Å². The van der Waals surface area contributed by atoms with Crippen LogP contribution in [0.1, 0.15) is 36.0 Å². The van der Waals surface area contributed by atoms with Crippen molar-refractivity contribution in [2.45, 2.75) is 26.1 Å². The Kier molecular flexibility index (Phi) is 0.381. The standard InChI is InChI=1S/C7H12N2/c1-2-3-5-9-6-4-8-7-9/h4,6-7H,2-3,5H2,1H3/i1D3,2D2,3D2,4D,5D2,6D,7D. The minimum atomic E-state index is -3.62. The highest BCUT2D eigenvalue weighted by molar-refractivity contribution is 4.73. The summed E-state index contributed by atoms with van der Waals surface area (Å²) in [5, 5.41) is 0. The second kappa shape index (κ2) is 3.28. The highest BCUT2D eigenvalue weighted by Crippen LogP contribution is 1.92. The molecule has 1 heterocycles. The number of hydrogen-bond acceptors (Lipinski definition) is 1. The molecule has 0 aliphatic carbocycles. The van der Waals surface area contributed by atoms with Crippen LogP contribution in [-0.2, 0) is 6.50 Å². The summed E-state index contributed by atoms with van der Waals surface area (Å²) in [6.07, 6.45) is -9.94. The minimum Gasteiger partial charge on any atom is -0.337 e. The summed E-state index contributed by atoms with van der Waals surface area (Å²) in [4.78, 5) is 3.17. The van der Waals surface area contributed by atoms with E-state index in [1.54, 1.807) is 0 Å². The van der Waals surface area contributed by atoms with Crippen molar-refractivity contribution in [2.75, 3.05) is 0 Å². The monoisotopic (exact) mass is 136 g/mol. The van der Waals surface area contributed by atoms with Crippen molar-refractivity contribution in [2.24, 2.45) is 0 Å². The van der Waals surface area contributed by atoms with Gasteiger partial charge in [-0.05, 0) is 6.37 Å². The molecule has 0 aromatic carbocycles. The van der Waals surface area contributed by atoms with Gasteiger partial charge in [0.1, 0.15) is 1.37 Å². The van der Waals surface area contributed by atoms with E-state index in [9.17, 15) is 0 Å². The van der Waals surface area contributed by atoms with Crippen LogP contribution in [0.2, 0.25) is 0 Å². The van der Waals surface area contributed by atoms with Gasteiger partial charge in [-0.15, -0.1) is 0 Å². The predicted octanol–water partition coefficient (Wildman–Crippen LogP) is 1.68. The molecule has 0 radical (unpaired) electrons. The molecule has 1 aromatic rings. The van der Waals surface area contributed by atoms with Crippen LogP contribution in [0, 0.1) is 0 Å². The zero-order valence-corrected chi connectivity index (χ0v) is 4.39. The van der Waals surface area contributed by atoms with Crippen LogP contribution in [0.3, 0.4) is 0 Å². The fraction of sp³-hybridized carbons (Fsp3) is 0.571. The van der Waals surface area contributed by atoms with E-state index >= 15 is 0 Å². The van der Waals surface area contributed by atoms with Gasteiger partial charge in [-0.2, -0.15) is 0 Å². The Balaban J connectivity index is 3.55. The highest BCUT2D eigenvalue weighted by atomic mass is 15.0. The quantitative estimate of drug-likeness (QED) is 0.618. The van der Waals surface area contributed by atoms with Crippen LogP contribution < -0.4 is 0 Å². The molecule has 0 unspecified atom stereocenters. The molecule has 0 aliphatic rings. The Morgan fingerprint density at radius 1 is 2.00 bits per heavy atom. The Labute approximate surface area is 72.4 Å². The van der Waals surface area contributed by atoms with Gasteiger partial charge in [-0.25, -0.2) is 4.98 Å². The predicted molar refractivity (Wildman–Crippen MR) is 37.1 cm³/mol. The van der Waals surface area contributed by atoms with Gasteiger partial charge in [0.05, 0.1) is 9.04 Å². The van der Waals surface area contributed by atoms with Crippen molar-refractivity contribution >= 4 is 0 Å². The van der Waals surface area contributed by atoms with E-state index in [1.807, 2.05) is 0 Å². The van der Waals surface area contributed by atoms with E-state index in [0.29, 0.717) is 0 Å². The lowest BCUT2D eigenvalue weighted by Crippen LogP contribution is -1.92. The average Bonchev–Trinajstić information content (AvgIpc) is 2.50. The molecule has 0 spiro atoms. The van der Waals surface area contributed by atoms with Crippen LogP contribution in [0.25, 0.3) is 0 Å². The fourth-order valence-electron chi connectivity index (χ4n) is 0.312. The van der Waals surface area contributed by atoms with Crippen LogP contribution in [0.15, 0.2) is 18.6 Å². The zero-order chi connectivity index (χ0) is 17.0. The smallest absolute Gasteiger partial charge is 0.104 e.